The Hall–Kier alpha value is -3.49. The number of aliphatic carboxylic acids is 1. The van der Waals surface area contributed by atoms with Gasteiger partial charge in [-0.05, 0) is 28.8 Å². The van der Waals surface area contributed by atoms with Crippen LogP contribution in [-0.2, 0) is 9.59 Å². The molecular weight excluding hydrogens is 366 g/mol. The van der Waals surface area contributed by atoms with Crippen molar-refractivity contribution in [2.75, 3.05) is 4.90 Å². The number of amides is 1. The number of nitro groups is 1. The van der Waals surface area contributed by atoms with Gasteiger partial charge in [0.15, 0.2) is 5.75 Å². The first kappa shape index (κ1) is 19.3. The number of ether oxygens (including phenoxy) is 1. The van der Waals surface area contributed by atoms with Crippen LogP contribution in [0.5, 0.6) is 5.75 Å². The molecule has 0 fully saturated rings. The van der Waals surface area contributed by atoms with Crippen LogP contribution in [0.4, 0.5) is 11.6 Å². The number of carboxylic acid groups (broad SMARTS) is 1. The fourth-order valence-corrected chi connectivity index (χ4v) is 3.39. The minimum atomic E-state index is -1.61. The number of carbonyl (C=O) groups excluding carboxylic acids is 1. The predicted molar refractivity (Wildman–Crippen MR) is 99.1 cm³/mol. The van der Waals surface area contributed by atoms with Gasteiger partial charge in [0.1, 0.15) is 5.54 Å². The summed E-state index contributed by atoms with van der Waals surface area (Å²) in [5.74, 6) is -2.37. The minimum absolute atomic E-state index is 0.0931. The first-order chi connectivity index (χ1) is 13.4. The highest BCUT2D eigenvalue weighted by atomic mass is 16.6. The SMILES string of the molecule is CCC(CC)(C(=O)O)N1C(=O)C(c2ccccc2)Oc2ccc([N+](=O)[O-])nc21. The molecule has 0 radical (unpaired) electrons. The number of carbonyl (C=O) groups is 2. The topological polar surface area (TPSA) is 123 Å². The zero-order chi connectivity index (χ0) is 20.5. The number of nitrogens with zero attached hydrogens (tertiary/aromatic N) is 3. The van der Waals surface area contributed by atoms with Gasteiger partial charge in [0.2, 0.25) is 6.10 Å². The van der Waals surface area contributed by atoms with Crippen molar-refractivity contribution in [1.82, 2.24) is 4.98 Å². The smallest absolute Gasteiger partial charge is 0.366 e. The molecule has 146 valence electrons. The fourth-order valence-electron chi connectivity index (χ4n) is 3.39. The minimum Gasteiger partial charge on any atom is -0.479 e. The molecule has 0 aliphatic carbocycles. The Balaban J connectivity index is 2.25. The number of benzene rings is 1. The van der Waals surface area contributed by atoms with E-state index in [1.165, 1.54) is 6.07 Å². The lowest BCUT2D eigenvalue weighted by Gasteiger charge is -2.41. The summed E-state index contributed by atoms with van der Waals surface area (Å²) in [5, 5.41) is 21.1. The van der Waals surface area contributed by atoms with E-state index in [0.717, 1.165) is 11.0 Å². The Bertz CT molecular complexity index is 927. The average molecular weight is 385 g/mol. The van der Waals surface area contributed by atoms with Gasteiger partial charge in [0.05, 0.1) is 0 Å². The summed E-state index contributed by atoms with van der Waals surface area (Å²) in [5.41, 5.74) is -1.06. The Morgan fingerprint density at radius 3 is 2.43 bits per heavy atom. The largest absolute Gasteiger partial charge is 0.479 e. The molecule has 2 aromatic rings. The predicted octanol–water partition coefficient (Wildman–Crippen LogP) is 3.10. The maximum Gasteiger partial charge on any atom is 0.366 e. The van der Waals surface area contributed by atoms with Gasteiger partial charge < -0.3 is 20.0 Å². The van der Waals surface area contributed by atoms with Gasteiger partial charge in [-0.3, -0.25) is 9.69 Å². The number of hydrogen-bond donors (Lipinski definition) is 1. The lowest BCUT2D eigenvalue weighted by Crippen LogP contribution is -2.60. The van der Waals surface area contributed by atoms with Crippen molar-refractivity contribution < 1.29 is 24.4 Å². The van der Waals surface area contributed by atoms with Crippen molar-refractivity contribution >= 4 is 23.5 Å². The molecule has 0 saturated carbocycles. The zero-order valence-corrected chi connectivity index (χ0v) is 15.4. The molecule has 1 aliphatic heterocycles. The molecule has 0 saturated heterocycles. The second-order valence-electron chi connectivity index (χ2n) is 6.37. The molecule has 1 aromatic carbocycles. The van der Waals surface area contributed by atoms with E-state index in [1.54, 1.807) is 44.2 Å². The van der Waals surface area contributed by atoms with Gasteiger partial charge in [-0.25, -0.2) is 4.79 Å². The van der Waals surface area contributed by atoms with Crippen molar-refractivity contribution in [3.8, 4) is 5.75 Å². The van der Waals surface area contributed by atoms with E-state index < -0.39 is 34.3 Å². The van der Waals surface area contributed by atoms with Crippen molar-refractivity contribution in [3.05, 3.63) is 58.1 Å². The van der Waals surface area contributed by atoms with Crippen LogP contribution >= 0.6 is 0 Å². The van der Waals surface area contributed by atoms with E-state index in [2.05, 4.69) is 4.98 Å². The van der Waals surface area contributed by atoms with Gasteiger partial charge in [-0.1, -0.05) is 44.2 Å². The van der Waals surface area contributed by atoms with Crippen LogP contribution in [-0.4, -0.2) is 32.4 Å². The van der Waals surface area contributed by atoms with Crippen molar-refractivity contribution in [2.24, 2.45) is 0 Å². The molecule has 1 amide bonds. The van der Waals surface area contributed by atoms with Crippen molar-refractivity contribution in [2.45, 2.75) is 38.3 Å². The van der Waals surface area contributed by atoms with Gasteiger partial charge in [-0.2, -0.15) is 0 Å². The quantitative estimate of drug-likeness (QED) is 0.598. The summed E-state index contributed by atoms with van der Waals surface area (Å²) in [7, 11) is 0. The number of pyridine rings is 1. The van der Waals surface area contributed by atoms with E-state index >= 15 is 0 Å². The lowest BCUT2D eigenvalue weighted by molar-refractivity contribution is -0.389. The van der Waals surface area contributed by atoms with Gasteiger partial charge in [0, 0.05) is 11.6 Å². The lowest BCUT2D eigenvalue weighted by atomic mass is 9.88. The van der Waals surface area contributed by atoms with Gasteiger partial charge in [0.25, 0.3) is 11.7 Å². The average Bonchev–Trinajstić information content (AvgIpc) is 2.70. The molecule has 1 aromatic heterocycles. The summed E-state index contributed by atoms with van der Waals surface area (Å²) in [6.45, 7) is 3.30. The Morgan fingerprint density at radius 2 is 1.89 bits per heavy atom. The molecule has 3 rings (SSSR count). The normalized spacial score (nSPS) is 16.3. The first-order valence-corrected chi connectivity index (χ1v) is 8.80. The monoisotopic (exact) mass is 385 g/mol. The summed E-state index contributed by atoms with van der Waals surface area (Å²) in [4.78, 5) is 41.0. The molecule has 2 heterocycles. The second kappa shape index (κ2) is 7.26. The number of rotatable bonds is 6. The van der Waals surface area contributed by atoms with E-state index in [1.807, 2.05) is 0 Å². The molecule has 1 N–H and O–H groups in total. The maximum atomic E-state index is 13.4. The Kier molecular flexibility index (Phi) is 5.00. The summed E-state index contributed by atoms with van der Waals surface area (Å²) < 4.78 is 5.79. The number of aromatic nitrogens is 1. The number of anilines is 1. The van der Waals surface area contributed by atoms with Crippen molar-refractivity contribution in [1.29, 1.82) is 0 Å². The van der Waals surface area contributed by atoms with Crippen molar-refractivity contribution in [3.63, 3.8) is 0 Å². The Labute approximate surface area is 160 Å². The second-order valence-corrected chi connectivity index (χ2v) is 6.37. The molecule has 1 unspecified atom stereocenters. The van der Waals surface area contributed by atoms with Crippen LogP contribution in [0, 0.1) is 10.1 Å². The third kappa shape index (κ3) is 2.94. The van der Waals surface area contributed by atoms with E-state index in [4.69, 9.17) is 4.74 Å². The van der Waals surface area contributed by atoms with E-state index in [9.17, 15) is 24.8 Å². The number of carboxylic acids is 1. The number of fused-ring (bicyclic) bond motifs is 1. The third-order valence-electron chi connectivity index (χ3n) is 5.01. The maximum absolute atomic E-state index is 13.4. The summed E-state index contributed by atoms with van der Waals surface area (Å²) >= 11 is 0. The highest BCUT2D eigenvalue weighted by molar-refractivity contribution is 6.05. The van der Waals surface area contributed by atoms with Gasteiger partial charge in [-0.15, -0.1) is 0 Å². The van der Waals surface area contributed by atoms with Crippen LogP contribution in [0.2, 0.25) is 0 Å². The molecule has 1 atom stereocenters. The zero-order valence-electron chi connectivity index (χ0n) is 15.4. The van der Waals surface area contributed by atoms with E-state index in [0.29, 0.717) is 5.56 Å². The molecule has 1 aliphatic rings. The van der Waals surface area contributed by atoms with Crippen LogP contribution < -0.4 is 9.64 Å². The standard InChI is InChI=1S/C19H19N3O6/c1-3-19(4-2,18(24)25)21-16-13(10-11-14(20-16)22(26)27)28-15(17(21)23)12-8-6-5-7-9-12/h5-11,15H,3-4H2,1-2H3,(H,24,25). The van der Waals surface area contributed by atoms with E-state index in [-0.39, 0.29) is 24.4 Å². The highest BCUT2D eigenvalue weighted by Gasteiger charge is 2.53. The first-order valence-electron chi connectivity index (χ1n) is 8.80. The van der Waals surface area contributed by atoms with Gasteiger partial charge >= 0.3 is 11.8 Å². The summed E-state index contributed by atoms with van der Waals surface area (Å²) in [6, 6.07) is 11.2. The van der Waals surface area contributed by atoms with Crippen LogP contribution in [0.15, 0.2) is 42.5 Å². The molecule has 9 heteroatoms. The fraction of sp³-hybridized carbons (Fsp3) is 0.316. The summed E-state index contributed by atoms with van der Waals surface area (Å²) in [6.07, 6.45) is -0.889. The third-order valence-corrected chi connectivity index (χ3v) is 5.01. The molecule has 28 heavy (non-hydrogen) atoms. The molecule has 0 spiro atoms. The molecule has 0 bridgehead atoms. The van der Waals surface area contributed by atoms with Crippen LogP contribution in [0.25, 0.3) is 0 Å². The number of hydrogen-bond acceptors (Lipinski definition) is 6. The molecular formula is C19H19N3O6. The highest BCUT2D eigenvalue weighted by Crippen LogP contribution is 2.44. The molecule has 9 nitrogen and oxygen atoms in total. The van der Waals surface area contributed by atoms with Crippen LogP contribution in [0.3, 0.4) is 0 Å². The Morgan fingerprint density at radius 1 is 1.25 bits per heavy atom. The van der Waals surface area contributed by atoms with Crippen LogP contribution in [0.1, 0.15) is 38.4 Å².